The van der Waals surface area contributed by atoms with Crippen LogP contribution in [0.5, 0.6) is 0 Å². The van der Waals surface area contributed by atoms with Crippen molar-refractivity contribution in [2.45, 2.75) is 19.1 Å². The van der Waals surface area contributed by atoms with Gasteiger partial charge in [-0.15, -0.1) is 0 Å². The molecule has 0 radical (unpaired) electrons. The Kier molecular flexibility index (Phi) is 3.25. The summed E-state index contributed by atoms with van der Waals surface area (Å²) in [6.45, 7) is 2.20. The Labute approximate surface area is 102 Å². The van der Waals surface area contributed by atoms with Crippen LogP contribution < -0.4 is 0 Å². The average molecular weight is 317 g/mol. The first-order valence-corrected chi connectivity index (χ1v) is 5.90. The molecule has 1 N–H and O–H groups in total. The fraction of sp³-hybridized carbons (Fsp3) is 0.364. The van der Waals surface area contributed by atoms with Gasteiger partial charge in [0.1, 0.15) is 12.6 Å². The summed E-state index contributed by atoms with van der Waals surface area (Å²) in [5, 5.41) is 9.40. The third kappa shape index (κ3) is 2.31. The van der Waals surface area contributed by atoms with Crippen LogP contribution in [0.3, 0.4) is 0 Å². The van der Waals surface area contributed by atoms with Crippen LogP contribution in [0.25, 0.3) is 0 Å². The van der Waals surface area contributed by atoms with Crippen LogP contribution in [0.4, 0.5) is 0 Å². The van der Waals surface area contributed by atoms with Crippen LogP contribution in [0.1, 0.15) is 12.5 Å². The first-order chi connectivity index (χ1) is 7.18. The van der Waals surface area contributed by atoms with E-state index in [0.29, 0.717) is 12.5 Å². The van der Waals surface area contributed by atoms with Crippen LogP contribution in [0.2, 0.25) is 0 Å². The number of hydrogen-bond donors (Lipinski definition) is 1. The van der Waals surface area contributed by atoms with Crippen LogP contribution in [-0.2, 0) is 4.74 Å². The molecule has 80 valence electrons. The Morgan fingerprint density at radius 3 is 2.87 bits per heavy atom. The molecule has 0 saturated heterocycles. The SMILES string of the molecule is C[C@@H](O)[C@H]1COC(c2ccccc2I)=N1. The largest absolute Gasteiger partial charge is 0.475 e. The zero-order chi connectivity index (χ0) is 10.8. The molecule has 2 atom stereocenters. The van der Waals surface area contributed by atoms with E-state index in [1.54, 1.807) is 6.92 Å². The summed E-state index contributed by atoms with van der Waals surface area (Å²) in [4.78, 5) is 4.36. The lowest BCUT2D eigenvalue weighted by atomic mass is 10.2. The Morgan fingerprint density at radius 1 is 1.53 bits per heavy atom. The molecule has 1 aliphatic heterocycles. The van der Waals surface area contributed by atoms with E-state index in [1.807, 2.05) is 24.3 Å². The van der Waals surface area contributed by atoms with E-state index >= 15 is 0 Å². The minimum absolute atomic E-state index is 0.129. The summed E-state index contributed by atoms with van der Waals surface area (Å²) in [6.07, 6.45) is -0.455. The molecular weight excluding hydrogens is 305 g/mol. The number of aliphatic imine (C=N–C) groups is 1. The van der Waals surface area contributed by atoms with Crippen molar-refractivity contribution in [3.8, 4) is 0 Å². The lowest BCUT2D eigenvalue weighted by Crippen LogP contribution is -2.21. The molecule has 15 heavy (non-hydrogen) atoms. The average Bonchev–Trinajstić information content (AvgIpc) is 2.67. The molecule has 0 saturated carbocycles. The summed E-state index contributed by atoms with van der Waals surface area (Å²) >= 11 is 2.25. The number of rotatable bonds is 2. The second kappa shape index (κ2) is 4.49. The molecule has 0 bridgehead atoms. The predicted octanol–water partition coefficient (Wildman–Crippen LogP) is 1.82. The molecule has 0 unspecified atom stereocenters. The van der Waals surface area contributed by atoms with Gasteiger partial charge in [0.05, 0.1) is 6.10 Å². The standard InChI is InChI=1S/C11H12INO2/c1-7(14)10-6-15-11(13-10)8-4-2-3-5-9(8)12/h2-5,7,10,14H,6H2,1H3/t7-,10-/m1/s1. The topological polar surface area (TPSA) is 41.8 Å². The Morgan fingerprint density at radius 2 is 2.27 bits per heavy atom. The second-order valence-corrected chi connectivity index (χ2v) is 4.70. The van der Waals surface area contributed by atoms with Crippen molar-refractivity contribution in [3.63, 3.8) is 0 Å². The van der Waals surface area contributed by atoms with Gasteiger partial charge >= 0.3 is 0 Å². The highest BCUT2D eigenvalue weighted by Gasteiger charge is 2.24. The quantitative estimate of drug-likeness (QED) is 0.846. The smallest absolute Gasteiger partial charge is 0.217 e. The van der Waals surface area contributed by atoms with E-state index in [9.17, 15) is 5.11 Å². The van der Waals surface area contributed by atoms with Gasteiger partial charge in [0.25, 0.3) is 0 Å². The van der Waals surface area contributed by atoms with E-state index in [-0.39, 0.29) is 6.04 Å². The van der Waals surface area contributed by atoms with Gasteiger partial charge in [-0.2, -0.15) is 0 Å². The van der Waals surface area contributed by atoms with Gasteiger partial charge in [0.15, 0.2) is 0 Å². The number of nitrogens with zero attached hydrogens (tertiary/aromatic N) is 1. The third-order valence-corrected chi connectivity index (χ3v) is 3.28. The summed E-state index contributed by atoms with van der Waals surface area (Å²) in [5.41, 5.74) is 1.00. The lowest BCUT2D eigenvalue weighted by molar-refractivity contribution is 0.145. The molecule has 0 fully saturated rings. The second-order valence-electron chi connectivity index (χ2n) is 3.53. The van der Waals surface area contributed by atoms with Crippen molar-refractivity contribution in [1.82, 2.24) is 0 Å². The molecule has 0 aliphatic carbocycles. The number of hydrogen-bond acceptors (Lipinski definition) is 3. The van der Waals surface area contributed by atoms with E-state index in [0.717, 1.165) is 9.13 Å². The van der Waals surface area contributed by atoms with E-state index in [4.69, 9.17) is 4.74 Å². The van der Waals surface area contributed by atoms with Gasteiger partial charge < -0.3 is 9.84 Å². The first kappa shape index (κ1) is 10.9. The van der Waals surface area contributed by atoms with Crippen molar-refractivity contribution < 1.29 is 9.84 Å². The Hall–Kier alpha value is -0.620. The van der Waals surface area contributed by atoms with E-state index in [1.165, 1.54) is 0 Å². The van der Waals surface area contributed by atoms with Crippen molar-refractivity contribution >= 4 is 28.5 Å². The lowest BCUT2D eigenvalue weighted by Gasteiger charge is -2.05. The molecule has 1 aliphatic rings. The number of ether oxygens (including phenoxy) is 1. The minimum atomic E-state index is -0.455. The van der Waals surface area contributed by atoms with Crippen molar-refractivity contribution in [2.24, 2.45) is 4.99 Å². The summed E-state index contributed by atoms with van der Waals surface area (Å²) in [6, 6.07) is 7.80. The first-order valence-electron chi connectivity index (χ1n) is 4.82. The van der Waals surface area contributed by atoms with Gasteiger partial charge in [0.2, 0.25) is 5.90 Å². The number of benzene rings is 1. The van der Waals surface area contributed by atoms with Crippen LogP contribution >= 0.6 is 22.6 Å². The van der Waals surface area contributed by atoms with Gasteiger partial charge in [0, 0.05) is 9.13 Å². The number of aliphatic hydroxyl groups is 1. The van der Waals surface area contributed by atoms with Gasteiger partial charge in [-0.1, -0.05) is 12.1 Å². The maximum absolute atomic E-state index is 9.40. The molecule has 0 spiro atoms. The van der Waals surface area contributed by atoms with Gasteiger partial charge in [-0.05, 0) is 41.6 Å². The Bertz CT molecular complexity index is 390. The summed E-state index contributed by atoms with van der Waals surface area (Å²) < 4.78 is 6.59. The highest BCUT2D eigenvalue weighted by atomic mass is 127. The molecular formula is C11H12INO2. The zero-order valence-electron chi connectivity index (χ0n) is 8.35. The van der Waals surface area contributed by atoms with Crippen LogP contribution in [0.15, 0.2) is 29.3 Å². The van der Waals surface area contributed by atoms with Crippen molar-refractivity contribution in [2.75, 3.05) is 6.61 Å². The molecule has 2 rings (SSSR count). The molecule has 1 aromatic carbocycles. The maximum Gasteiger partial charge on any atom is 0.217 e. The maximum atomic E-state index is 9.40. The Balaban J connectivity index is 2.27. The van der Waals surface area contributed by atoms with E-state index < -0.39 is 6.10 Å². The fourth-order valence-electron chi connectivity index (χ4n) is 1.42. The molecule has 4 heteroatoms. The highest BCUT2D eigenvalue weighted by molar-refractivity contribution is 14.1. The van der Waals surface area contributed by atoms with Crippen molar-refractivity contribution in [3.05, 3.63) is 33.4 Å². The normalized spacial score (nSPS) is 22.1. The molecule has 0 aromatic heterocycles. The molecule has 1 aromatic rings. The molecule has 0 amide bonds. The summed E-state index contributed by atoms with van der Waals surface area (Å²) in [7, 11) is 0. The minimum Gasteiger partial charge on any atom is -0.475 e. The highest BCUT2D eigenvalue weighted by Crippen LogP contribution is 2.18. The van der Waals surface area contributed by atoms with Crippen molar-refractivity contribution in [1.29, 1.82) is 0 Å². The van der Waals surface area contributed by atoms with Gasteiger partial charge in [-0.25, -0.2) is 4.99 Å². The molecule has 1 heterocycles. The van der Waals surface area contributed by atoms with Gasteiger partial charge in [-0.3, -0.25) is 0 Å². The zero-order valence-corrected chi connectivity index (χ0v) is 10.5. The molecule has 3 nitrogen and oxygen atoms in total. The third-order valence-electron chi connectivity index (χ3n) is 2.34. The monoisotopic (exact) mass is 317 g/mol. The van der Waals surface area contributed by atoms with E-state index in [2.05, 4.69) is 27.6 Å². The fourth-order valence-corrected chi connectivity index (χ4v) is 2.04. The number of aliphatic hydroxyl groups excluding tert-OH is 1. The predicted molar refractivity (Wildman–Crippen MR) is 67.1 cm³/mol. The van der Waals surface area contributed by atoms with Crippen LogP contribution in [0, 0.1) is 3.57 Å². The van der Waals surface area contributed by atoms with Crippen LogP contribution in [-0.4, -0.2) is 29.8 Å². The summed E-state index contributed by atoms with van der Waals surface area (Å²) in [5.74, 6) is 0.644. The number of halogens is 1.